The van der Waals surface area contributed by atoms with Gasteiger partial charge < -0.3 is 10.8 Å². The molecule has 0 bridgehead atoms. The first-order valence-electron chi connectivity index (χ1n) is 7.24. The molecule has 1 aromatic rings. The number of benzene rings is 1. The van der Waals surface area contributed by atoms with Crippen molar-refractivity contribution < 1.29 is 27.3 Å². The van der Waals surface area contributed by atoms with Crippen LogP contribution in [-0.2, 0) is 19.9 Å². The molecule has 0 spiro atoms. The summed E-state index contributed by atoms with van der Waals surface area (Å²) in [5, 5.41) is 8.67. The highest BCUT2D eigenvalue weighted by Crippen LogP contribution is 2.43. The first kappa shape index (κ1) is 20.4. The van der Waals surface area contributed by atoms with Crippen LogP contribution in [0.2, 0.25) is 0 Å². The maximum absolute atomic E-state index is 13.5. The van der Waals surface area contributed by atoms with Crippen LogP contribution in [0.5, 0.6) is 0 Å². The lowest BCUT2D eigenvalue weighted by molar-refractivity contribution is -0.186. The number of carbonyl (C=O) groups is 1. The maximum atomic E-state index is 13.5. The van der Waals surface area contributed by atoms with E-state index in [9.17, 15) is 22.2 Å². The monoisotopic (exact) mass is 366 g/mol. The van der Waals surface area contributed by atoms with Gasteiger partial charge in [0.2, 0.25) is 0 Å². The van der Waals surface area contributed by atoms with Crippen molar-refractivity contribution in [2.75, 3.05) is 11.5 Å². The van der Waals surface area contributed by atoms with Gasteiger partial charge in [0.05, 0.1) is 5.41 Å². The van der Waals surface area contributed by atoms with Crippen molar-refractivity contribution in [1.82, 2.24) is 0 Å². The zero-order valence-electron chi connectivity index (χ0n) is 13.2. The van der Waals surface area contributed by atoms with Crippen LogP contribution in [0.1, 0.15) is 25.3 Å². The second-order valence-electron chi connectivity index (χ2n) is 5.90. The standard InChI is InChI=1S/C15H21F3N2O3S/c1-14(15(16,17)18,11-5-3-2-4-6-11)8-10-24(20,23)9-7-12(19)13(21)22/h2-6,12,20H,7-10,19H2,1H3,(H,21,22)/t12-,14?,24?/m0/s1. The van der Waals surface area contributed by atoms with E-state index in [1.54, 1.807) is 6.07 Å². The highest BCUT2D eigenvalue weighted by Gasteiger charge is 2.51. The van der Waals surface area contributed by atoms with E-state index in [0.717, 1.165) is 6.92 Å². The fraction of sp³-hybridized carbons (Fsp3) is 0.533. The van der Waals surface area contributed by atoms with E-state index >= 15 is 0 Å². The summed E-state index contributed by atoms with van der Waals surface area (Å²) in [5.41, 5.74) is 3.09. The molecule has 0 radical (unpaired) electrons. The molecule has 136 valence electrons. The highest BCUT2D eigenvalue weighted by molar-refractivity contribution is 7.92. The molecule has 0 fully saturated rings. The molecule has 4 N–H and O–H groups in total. The number of nitrogens with two attached hydrogens (primary N) is 1. The summed E-state index contributed by atoms with van der Waals surface area (Å²) in [4.78, 5) is 10.6. The summed E-state index contributed by atoms with van der Waals surface area (Å²) in [5.74, 6) is -2.12. The Labute approximate surface area is 139 Å². The average Bonchev–Trinajstić information content (AvgIpc) is 2.50. The van der Waals surface area contributed by atoms with Gasteiger partial charge in [-0.1, -0.05) is 30.3 Å². The van der Waals surface area contributed by atoms with Crippen LogP contribution in [0.25, 0.3) is 0 Å². The Morgan fingerprint density at radius 1 is 1.29 bits per heavy atom. The minimum atomic E-state index is -4.57. The number of aliphatic carboxylic acids is 1. The topological polar surface area (TPSA) is 104 Å². The molecule has 2 unspecified atom stereocenters. The van der Waals surface area contributed by atoms with Crippen molar-refractivity contribution in [1.29, 1.82) is 4.78 Å². The van der Waals surface area contributed by atoms with Crippen molar-refractivity contribution in [2.45, 2.75) is 37.4 Å². The normalized spacial score (nSPS) is 18.4. The van der Waals surface area contributed by atoms with E-state index < -0.39 is 45.5 Å². The Balaban J connectivity index is 2.88. The Hall–Kier alpha value is -1.61. The van der Waals surface area contributed by atoms with Gasteiger partial charge >= 0.3 is 12.1 Å². The molecule has 24 heavy (non-hydrogen) atoms. The molecule has 0 aliphatic rings. The molecule has 0 saturated heterocycles. The number of hydrogen-bond acceptors (Lipinski definition) is 4. The number of carboxylic acids is 1. The molecular weight excluding hydrogens is 345 g/mol. The van der Waals surface area contributed by atoms with E-state index in [1.807, 2.05) is 0 Å². The highest BCUT2D eigenvalue weighted by atomic mass is 32.2. The van der Waals surface area contributed by atoms with Gasteiger partial charge in [-0.15, -0.1) is 0 Å². The van der Waals surface area contributed by atoms with Gasteiger partial charge in [0.1, 0.15) is 6.04 Å². The second-order valence-corrected chi connectivity index (χ2v) is 8.34. The molecule has 0 saturated carbocycles. The van der Waals surface area contributed by atoms with Crippen LogP contribution in [0.4, 0.5) is 13.2 Å². The van der Waals surface area contributed by atoms with Crippen LogP contribution >= 0.6 is 0 Å². The van der Waals surface area contributed by atoms with Crippen LogP contribution in [0.15, 0.2) is 30.3 Å². The molecule has 0 heterocycles. The number of carboxylic acid groups (broad SMARTS) is 1. The molecule has 5 nitrogen and oxygen atoms in total. The zero-order valence-corrected chi connectivity index (χ0v) is 14.0. The SMILES string of the molecule is CC(CCS(=N)(=O)CC[C@H](N)C(=O)O)(c1ccccc1)C(F)(F)F. The third kappa shape index (κ3) is 5.20. The lowest BCUT2D eigenvalue weighted by Gasteiger charge is -2.33. The smallest absolute Gasteiger partial charge is 0.398 e. The summed E-state index contributed by atoms with van der Waals surface area (Å²) >= 11 is 0. The Morgan fingerprint density at radius 3 is 2.29 bits per heavy atom. The lowest BCUT2D eigenvalue weighted by Crippen LogP contribution is -2.41. The number of alkyl halides is 3. The number of halogens is 3. The molecule has 9 heteroatoms. The third-order valence-corrected chi connectivity index (χ3v) is 5.80. The van der Waals surface area contributed by atoms with E-state index in [-0.39, 0.29) is 17.7 Å². The van der Waals surface area contributed by atoms with Gasteiger partial charge in [-0.05, 0) is 25.3 Å². The first-order chi connectivity index (χ1) is 10.9. The summed E-state index contributed by atoms with van der Waals surface area (Å²) in [6.45, 7) is 1.01. The maximum Gasteiger partial charge on any atom is 0.398 e. The van der Waals surface area contributed by atoms with Crippen LogP contribution < -0.4 is 5.73 Å². The molecule has 0 aliphatic carbocycles. The molecule has 1 rings (SSSR count). The quantitative estimate of drug-likeness (QED) is 0.658. The Bertz CT molecular complexity index is 662. The van der Waals surface area contributed by atoms with Crippen molar-refractivity contribution in [3.05, 3.63) is 35.9 Å². The minimum Gasteiger partial charge on any atom is -0.480 e. The number of hydrogen-bond donors (Lipinski definition) is 3. The van der Waals surface area contributed by atoms with Gasteiger partial charge in [0.15, 0.2) is 0 Å². The predicted octanol–water partition coefficient (Wildman–Crippen LogP) is 2.75. The van der Waals surface area contributed by atoms with Crippen molar-refractivity contribution in [2.24, 2.45) is 5.73 Å². The summed E-state index contributed by atoms with van der Waals surface area (Å²) < 4.78 is 60.5. The van der Waals surface area contributed by atoms with Crippen LogP contribution in [0.3, 0.4) is 0 Å². The van der Waals surface area contributed by atoms with Crippen LogP contribution in [0, 0.1) is 4.78 Å². The lowest BCUT2D eigenvalue weighted by atomic mass is 9.79. The number of nitrogens with one attached hydrogen (secondary N) is 1. The van der Waals surface area contributed by atoms with Gasteiger partial charge in [0, 0.05) is 21.2 Å². The van der Waals surface area contributed by atoms with E-state index in [1.165, 1.54) is 24.3 Å². The van der Waals surface area contributed by atoms with Crippen molar-refractivity contribution in [3.63, 3.8) is 0 Å². The summed E-state index contributed by atoms with van der Waals surface area (Å²) in [7, 11) is -3.35. The van der Waals surface area contributed by atoms with E-state index in [2.05, 4.69) is 0 Å². The van der Waals surface area contributed by atoms with Gasteiger partial charge in [0.25, 0.3) is 0 Å². The summed E-state index contributed by atoms with van der Waals surface area (Å²) in [6, 6.07) is 5.99. The van der Waals surface area contributed by atoms with Gasteiger partial charge in [-0.3, -0.25) is 9.57 Å². The second kappa shape index (κ2) is 7.52. The third-order valence-electron chi connectivity index (χ3n) is 4.04. The zero-order chi connectivity index (χ0) is 18.6. The van der Waals surface area contributed by atoms with Crippen LogP contribution in [-0.4, -0.2) is 39.0 Å². The van der Waals surface area contributed by atoms with Crippen molar-refractivity contribution >= 4 is 15.7 Å². The molecule has 0 aliphatic heterocycles. The minimum absolute atomic E-state index is 0.0370. The Kier molecular flexibility index (Phi) is 6.40. The molecule has 1 aromatic carbocycles. The van der Waals surface area contributed by atoms with E-state index in [4.69, 9.17) is 15.6 Å². The molecule has 0 amide bonds. The predicted molar refractivity (Wildman–Crippen MR) is 85.3 cm³/mol. The summed E-state index contributed by atoms with van der Waals surface area (Å²) in [6.07, 6.45) is -5.31. The van der Waals surface area contributed by atoms with Crippen molar-refractivity contribution in [3.8, 4) is 0 Å². The molecular formula is C15H21F3N2O3S. The van der Waals surface area contributed by atoms with E-state index in [0.29, 0.717) is 0 Å². The first-order valence-corrected chi connectivity index (χ1v) is 9.13. The number of rotatable bonds is 8. The fourth-order valence-corrected chi connectivity index (χ4v) is 3.74. The largest absolute Gasteiger partial charge is 0.480 e. The molecule has 0 aromatic heterocycles. The Morgan fingerprint density at radius 2 is 1.83 bits per heavy atom. The van der Waals surface area contributed by atoms with Gasteiger partial charge in [-0.25, -0.2) is 4.21 Å². The fourth-order valence-electron chi connectivity index (χ4n) is 2.17. The average molecular weight is 366 g/mol. The van der Waals surface area contributed by atoms with Gasteiger partial charge in [-0.2, -0.15) is 13.2 Å². The molecule has 3 atom stereocenters.